The first-order valence-corrected chi connectivity index (χ1v) is 9.89. The lowest BCUT2D eigenvalue weighted by atomic mass is 9.74. The summed E-state index contributed by atoms with van der Waals surface area (Å²) < 4.78 is 1.99. The molecule has 3 aromatic rings. The molecule has 2 aromatic heterocycles. The molecular weight excluding hydrogens is 362 g/mol. The molecule has 6 heteroatoms. The van der Waals surface area contributed by atoms with E-state index in [1.807, 2.05) is 60.0 Å². The van der Waals surface area contributed by atoms with Gasteiger partial charge in [0.2, 0.25) is 0 Å². The Balaban J connectivity index is 1.52. The molecule has 1 aromatic carbocycles. The number of hydrogen-bond donors (Lipinski definition) is 1. The standard InChI is InChI=1S/C23H27N5O/c1-16-8-9-17(13-18-7-5-6-10-24-18)14-19(16)26-22(29)28-15-23(2,3)20(28)21-25-11-12-27(21)4/h5-12,14,20H,13,15H2,1-4H3,(H,26,29). The number of anilines is 1. The van der Waals surface area contributed by atoms with Crippen LogP contribution < -0.4 is 5.32 Å². The largest absolute Gasteiger partial charge is 0.336 e. The van der Waals surface area contributed by atoms with E-state index >= 15 is 0 Å². The van der Waals surface area contributed by atoms with Crippen molar-refractivity contribution in [3.8, 4) is 0 Å². The summed E-state index contributed by atoms with van der Waals surface area (Å²) in [5.41, 5.74) is 4.00. The zero-order valence-corrected chi connectivity index (χ0v) is 17.4. The molecule has 1 fully saturated rings. The molecule has 1 N–H and O–H groups in total. The van der Waals surface area contributed by atoms with E-state index in [-0.39, 0.29) is 17.5 Å². The summed E-state index contributed by atoms with van der Waals surface area (Å²) in [5.74, 6) is 0.914. The van der Waals surface area contributed by atoms with Crippen molar-refractivity contribution in [2.75, 3.05) is 11.9 Å². The number of carbonyl (C=O) groups is 1. The number of benzene rings is 1. The van der Waals surface area contributed by atoms with Crippen LogP contribution >= 0.6 is 0 Å². The summed E-state index contributed by atoms with van der Waals surface area (Å²) in [5, 5.41) is 3.12. The summed E-state index contributed by atoms with van der Waals surface area (Å²) in [7, 11) is 1.97. The van der Waals surface area contributed by atoms with E-state index < -0.39 is 0 Å². The molecule has 0 radical (unpaired) electrons. The number of aromatic nitrogens is 3. The van der Waals surface area contributed by atoms with E-state index in [1.165, 1.54) is 0 Å². The van der Waals surface area contributed by atoms with Crippen molar-refractivity contribution >= 4 is 11.7 Å². The first kappa shape index (κ1) is 19.2. The van der Waals surface area contributed by atoms with E-state index in [0.717, 1.165) is 34.8 Å². The molecule has 1 aliphatic rings. The van der Waals surface area contributed by atoms with Crippen molar-refractivity contribution in [1.82, 2.24) is 19.4 Å². The maximum atomic E-state index is 13.1. The van der Waals surface area contributed by atoms with Gasteiger partial charge in [0.15, 0.2) is 0 Å². The Kier molecular flexibility index (Phi) is 4.86. The van der Waals surface area contributed by atoms with E-state index in [9.17, 15) is 4.79 Å². The average Bonchev–Trinajstić information content (AvgIpc) is 3.08. The van der Waals surface area contributed by atoms with Crippen LogP contribution in [-0.2, 0) is 13.5 Å². The van der Waals surface area contributed by atoms with Gasteiger partial charge in [0, 0.05) is 55.4 Å². The Hall–Kier alpha value is -3.15. The molecule has 3 heterocycles. The summed E-state index contributed by atoms with van der Waals surface area (Å²) in [6.45, 7) is 7.06. The number of urea groups is 1. The average molecular weight is 390 g/mol. The molecular formula is C23H27N5O. The number of amides is 2. The summed E-state index contributed by atoms with van der Waals surface area (Å²) in [6.07, 6.45) is 6.24. The number of nitrogens with one attached hydrogen (secondary N) is 1. The van der Waals surface area contributed by atoms with Crippen molar-refractivity contribution < 1.29 is 4.79 Å². The molecule has 0 saturated carbocycles. The third kappa shape index (κ3) is 3.75. The Morgan fingerprint density at radius 2 is 2.03 bits per heavy atom. The van der Waals surface area contributed by atoms with Crippen molar-refractivity contribution in [3.05, 3.63) is 77.6 Å². The zero-order valence-electron chi connectivity index (χ0n) is 17.4. The van der Waals surface area contributed by atoms with Gasteiger partial charge in [-0.3, -0.25) is 4.98 Å². The quantitative estimate of drug-likeness (QED) is 0.722. The summed E-state index contributed by atoms with van der Waals surface area (Å²) in [4.78, 5) is 23.8. The topological polar surface area (TPSA) is 63.1 Å². The molecule has 0 spiro atoms. The Morgan fingerprint density at radius 1 is 1.21 bits per heavy atom. The Labute approximate surface area is 171 Å². The van der Waals surface area contributed by atoms with Crippen LogP contribution in [0, 0.1) is 12.3 Å². The predicted molar refractivity (Wildman–Crippen MR) is 114 cm³/mol. The molecule has 1 unspecified atom stereocenters. The highest BCUT2D eigenvalue weighted by Gasteiger charge is 2.50. The van der Waals surface area contributed by atoms with Crippen molar-refractivity contribution in [2.24, 2.45) is 12.5 Å². The fourth-order valence-corrected chi connectivity index (χ4v) is 4.06. The third-order valence-corrected chi connectivity index (χ3v) is 5.65. The molecule has 1 atom stereocenters. The number of nitrogens with zero attached hydrogens (tertiary/aromatic N) is 4. The van der Waals surface area contributed by atoms with Crippen molar-refractivity contribution in [2.45, 2.75) is 33.2 Å². The number of rotatable bonds is 4. The highest BCUT2D eigenvalue weighted by Crippen LogP contribution is 2.47. The van der Waals surface area contributed by atoms with Crippen LogP contribution in [0.5, 0.6) is 0 Å². The van der Waals surface area contributed by atoms with Gasteiger partial charge in [0.1, 0.15) is 5.82 Å². The first-order valence-electron chi connectivity index (χ1n) is 9.89. The molecule has 0 bridgehead atoms. The fourth-order valence-electron chi connectivity index (χ4n) is 4.06. The minimum Gasteiger partial charge on any atom is -0.336 e. The molecule has 2 amide bonds. The lowest BCUT2D eigenvalue weighted by Gasteiger charge is -2.53. The van der Waals surface area contributed by atoms with Crippen LogP contribution in [0.15, 0.2) is 55.0 Å². The number of pyridine rings is 1. The van der Waals surface area contributed by atoms with Gasteiger partial charge in [-0.25, -0.2) is 9.78 Å². The van der Waals surface area contributed by atoms with Crippen LogP contribution in [0.3, 0.4) is 0 Å². The number of likely N-dealkylation sites (tertiary alicyclic amines) is 1. The Morgan fingerprint density at radius 3 is 2.69 bits per heavy atom. The minimum absolute atomic E-state index is 0.00761. The maximum absolute atomic E-state index is 13.1. The fraction of sp³-hybridized carbons (Fsp3) is 0.348. The van der Waals surface area contributed by atoms with Crippen LogP contribution in [0.4, 0.5) is 10.5 Å². The number of aryl methyl sites for hydroxylation is 2. The zero-order chi connectivity index (χ0) is 20.6. The van der Waals surface area contributed by atoms with Gasteiger partial charge >= 0.3 is 6.03 Å². The first-order chi connectivity index (χ1) is 13.8. The molecule has 29 heavy (non-hydrogen) atoms. The van der Waals surface area contributed by atoms with E-state index in [4.69, 9.17) is 0 Å². The normalized spacial score (nSPS) is 17.7. The van der Waals surface area contributed by atoms with Crippen LogP contribution in [0.1, 0.15) is 42.5 Å². The van der Waals surface area contributed by atoms with Gasteiger partial charge in [0.25, 0.3) is 0 Å². The second-order valence-electron chi connectivity index (χ2n) is 8.49. The van der Waals surface area contributed by atoms with Gasteiger partial charge < -0.3 is 14.8 Å². The minimum atomic E-state index is -0.0876. The van der Waals surface area contributed by atoms with Gasteiger partial charge in [-0.15, -0.1) is 0 Å². The number of carbonyl (C=O) groups excluding carboxylic acids is 1. The molecule has 6 nitrogen and oxygen atoms in total. The van der Waals surface area contributed by atoms with Gasteiger partial charge in [0.05, 0.1) is 6.04 Å². The predicted octanol–water partition coefficient (Wildman–Crippen LogP) is 4.33. The Bertz CT molecular complexity index is 1020. The van der Waals surface area contributed by atoms with Crippen molar-refractivity contribution in [3.63, 3.8) is 0 Å². The van der Waals surface area contributed by atoms with Crippen LogP contribution in [0.25, 0.3) is 0 Å². The van der Waals surface area contributed by atoms with Gasteiger partial charge in [-0.05, 0) is 36.2 Å². The van der Waals surface area contributed by atoms with Gasteiger partial charge in [-0.2, -0.15) is 0 Å². The van der Waals surface area contributed by atoms with Crippen molar-refractivity contribution in [1.29, 1.82) is 0 Å². The monoisotopic (exact) mass is 389 g/mol. The van der Waals surface area contributed by atoms with E-state index in [2.05, 4.69) is 35.2 Å². The SMILES string of the molecule is Cc1ccc(Cc2ccccn2)cc1NC(=O)N1CC(C)(C)C1c1nccn1C. The highest BCUT2D eigenvalue weighted by atomic mass is 16.2. The molecule has 1 saturated heterocycles. The third-order valence-electron chi connectivity index (χ3n) is 5.65. The highest BCUT2D eigenvalue weighted by molar-refractivity contribution is 5.91. The molecule has 4 rings (SSSR count). The maximum Gasteiger partial charge on any atom is 0.322 e. The second kappa shape index (κ2) is 7.35. The summed E-state index contributed by atoms with van der Waals surface area (Å²) in [6, 6.07) is 12.0. The van der Waals surface area contributed by atoms with Crippen LogP contribution in [0.2, 0.25) is 0 Å². The number of hydrogen-bond acceptors (Lipinski definition) is 3. The number of imidazole rings is 1. The smallest absolute Gasteiger partial charge is 0.322 e. The lowest BCUT2D eigenvalue weighted by molar-refractivity contribution is -0.0182. The van der Waals surface area contributed by atoms with Crippen LogP contribution in [-0.4, -0.2) is 32.0 Å². The molecule has 1 aliphatic heterocycles. The second-order valence-corrected chi connectivity index (χ2v) is 8.49. The van der Waals surface area contributed by atoms with E-state index in [0.29, 0.717) is 6.54 Å². The summed E-state index contributed by atoms with van der Waals surface area (Å²) >= 11 is 0. The lowest BCUT2D eigenvalue weighted by Crippen LogP contribution is -2.59. The van der Waals surface area contributed by atoms with E-state index in [1.54, 1.807) is 12.4 Å². The van der Waals surface area contributed by atoms with Gasteiger partial charge in [-0.1, -0.05) is 32.0 Å². The molecule has 0 aliphatic carbocycles. The molecule has 150 valence electrons.